The number of halogens is 4. The van der Waals surface area contributed by atoms with Crippen LogP contribution in [0.3, 0.4) is 0 Å². The first-order chi connectivity index (χ1) is 13.7. The summed E-state index contributed by atoms with van der Waals surface area (Å²) in [5, 5.41) is 3.69. The highest BCUT2D eigenvalue weighted by molar-refractivity contribution is 6.54. The lowest BCUT2D eigenvalue weighted by Crippen LogP contribution is -2.30. The summed E-state index contributed by atoms with van der Waals surface area (Å²) in [4.78, 5) is 30.5. The van der Waals surface area contributed by atoms with Gasteiger partial charge in [-0.1, -0.05) is 28.9 Å². The molecule has 1 amide bonds. The summed E-state index contributed by atoms with van der Waals surface area (Å²) in [5.41, 5.74) is 1.19. The van der Waals surface area contributed by atoms with E-state index in [-0.39, 0.29) is 24.6 Å². The van der Waals surface area contributed by atoms with Crippen LogP contribution in [0, 0.1) is 6.92 Å². The Morgan fingerprint density at radius 2 is 1.97 bits per heavy atom. The molecule has 0 radical (unpaired) electrons. The number of oxime groups is 1. The van der Waals surface area contributed by atoms with E-state index in [1.54, 1.807) is 18.2 Å². The smallest absolute Gasteiger partial charge is 0.317 e. The van der Waals surface area contributed by atoms with Gasteiger partial charge >= 0.3 is 12.1 Å². The summed E-state index contributed by atoms with van der Waals surface area (Å²) in [6.45, 7) is 1.73. The maximum Gasteiger partial charge on any atom is 0.416 e. The van der Waals surface area contributed by atoms with Gasteiger partial charge in [0.05, 0.1) is 24.2 Å². The fourth-order valence-electron chi connectivity index (χ4n) is 2.92. The molecule has 1 aliphatic rings. The molecule has 0 atom stereocenters. The molecule has 2 aromatic carbocycles. The number of rotatable bonds is 5. The summed E-state index contributed by atoms with van der Waals surface area (Å²) in [6, 6.07) is 9.91. The fourth-order valence-corrected chi connectivity index (χ4v) is 3.07. The molecule has 0 aromatic heterocycles. The zero-order chi connectivity index (χ0) is 21.2. The third kappa shape index (κ3) is 4.59. The normalized spacial score (nSPS) is 15.0. The second-order valence-corrected chi connectivity index (χ2v) is 6.83. The van der Waals surface area contributed by atoms with Gasteiger partial charge in [0, 0.05) is 11.4 Å². The lowest BCUT2D eigenvalue weighted by atomic mass is 10.1. The average Bonchev–Trinajstić information content (AvgIpc) is 2.90. The average molecular weight is 425 g/mol. The number of nitrogens with zero attached hydrogens (tertiary/aromatic N) is 2. The van der Waals surface area contributed by atoms with Gasteiger partial charge < -0.3 is 9.74 Å². The molecular formula is C20H16ClF3N2O3. The topological polar surface area (TPSA) is 59.0 Å². The number of hydrogen-bond donors (Lipinski definition) is 0. The maximum absolute atomic E-state index is 13.0. The minimum absolute atomic E-state index is 0.0506. The Morgan fingerprint density at radius 3 is 2.66 bits per heavy atom. The Morgan fingerprint density at radius 1 is 1.21 bits per heavy atom. The van der Waals surface area contributed by atoms with Gasteiger partial charge in [-0.2, -0.15) is 13.2 Å². The van der Waals surface area contributed by atoms with Gasteiger partial charge in [0.2, 0.25) is 0 Å². The first kappa shape index (κ1) is 20.9. The van der Waals surface area contributed by atoms with Crippen LogP contribution in [-0.2, 0) is 27.1 Å². The molecule has 152 valence electrons. The van der Waals surface area contributed by atoms with Crippen LogP contribution in [0.15, 0.2) is 47.6 Å². The van der Waals surface area contributed by atoms with Gasteiger partial charge in [0.25, 0.3) is 5.91 Å². The van der Waals surface area contributed by atoms with Gasteiger partial charge in [0.15, 0.2) is 5.71 Å². The van der Waals surface area contributed by atoms with Crippen LogP contribution in [0.5, 0.6) is 0 Å². The number of benzene rings is 2. The van der Waals surface area contributed by atoms with Crippen LogP contribution in [0.25, 0.3) is 0 Å². The van der Waals surface area contributed by atoms with Gasteiger partial charge in [-0.25, -0.2) is 4.79 Å². The van der Waals surface area contributed by atoms with E-state index in [2.05, 4.69) is 5.16 Å². The van der Waals surface area contributed by atoms with E-state index < -0.39 is 23.6 Å². The molecule has 0 aliphatic carbocycles. The molecule has 1 heterocycles. The molecule has 0 bridgehead atoms. The van der Waals surface area contributed by atoms with E-state index in [4.69, 9.17) is 16.4 Å². The van der Waals surface area contributed by atoms with E-state index in [1.165, 1.54) is 17.0 Å². The van der Waals surface area contributed by atoms with Crippen molar-refractivity contribution in [1.29, 1.82) is 0 Å². The number of carbonyl (C=O) groups excluding carboxylic acids is 2. The Labute approximate surface area is 169 Å². The molecule has 0 saturated heterocycles. The van der Waals surface area contributed by atoms with Crippen LogP contribution in [0.1, 0.15) is 28.7 Å². The quantitative estimate of drug-likeness (QED) is 0.405. The predicted octanol–water partition coefficient (Wildman–Crippen LogP) is 4.44. The third-order valence-electron chi connectivity index (χ3n) is 4.28. The molecule has 0 unspecified atom stereocenters. The summed E-state index contributed by atoms with van der Waals surface area (Å²) in [7, 11) is 0. The Bertz CT molecular complexity index is 989. The lowest BCUT2D eigenvalue weighted by Gasteiger charge is -2.18. The zero-order valence-corrected chi connectivity index (χ0v) is 16.0. The third-order valence-corrected chi connectivity index (χ3v) is 4.47. The highest BCUT2D eigenvalue weighted by Gasteiger charge is 2.36. The van der Waals surface area contributed by atoms with Crippen molar-refractivity contribution < 1.29 is 27.6 Å². The largest absolute Gasteiger partial charge is 0.416 e. The van der Waals surface area contributed by atoms with Crippen molar-refractivity contribution in [3.05, 3.63) is 64.7 Å². The van der Waals surface area contributed by atoms with Crippen LogP contribution < -0.4 is 4.90 Å². The Hall–Kier alpha value is -2.87. The summed E-state index contributed by atoms with van der Waals surface area (Å²) < 4.78 is 39.0. The van der Waals surface area contributed by atoms with Gasteiger partial charge in [-0.3, -0.25) is 4.79 Å². The SMILES string of the molecule is Cc1ccc2c(c1)/C(=N/OC(=O)CCCl)C(=O)N2Cc1cccc(C(F)(F)F)c1. The number of fused-ring (bicyclic) bond motifs is 1. The first-order valence-electron chi connectivity index (χ1n) is 8.63. The van der Waals surface area contributed by atoms with Crippen molar-refractivity contribution in [1.82, 2.24) is 0 Å². The van der Waals surface area contributed by atoms with Crippen LogP contribution in [-0.4, -0.2) is 23.5 Å². The van der Waals surface area contributed by atoms with E-state index >= 15 is 0 Å². The molecule has 29 heavy (non-hydrogen) atoms. The predicted molar refractivity (Wildman–Crippen MR) is 102 cm³/mol. The van der Waals surface area contributed by atoms with Gasteiger partial charge in [-0.15, -0.1) is 11.6 Å². The minimum Gasteiger partial charge on any atom is -0.317 e. The molecule has 0 saturated carbocycles. The van der Waals surface area contributed by atoms with Crippen LogP contribution in [0.2, 0.25) is 0 Å². The Balaban J connectivity index is 1.94. The lowest BCUT2D eigenvalue weighted by molar-refractivity contribution is -0.143. The van der Waals surface area contributed by atoms with Crippen molar-refractivity contribution in [3.63, 3.8) is 0 Å². The molecule has 3 rings (SSSR count). The monoisotopic (exact) mass is 424 g/mol. The summed E-state index contributed by atoms with van der Waals surface area (Å²) in [5.74, 6) is -1.21. The van der Waals surface area contributed by atoms with E-state index in [1.807, 2.05) is 6.92 Å². The molecular weight excluding hydrogens is 409 g/mol. The second kappa shape index (κ2) is 8.24. The van der Waals surface area contributed by atoms with Crippen LogP contribution >= 0.6 is 11.6 Å². The summed E-state index contributed by atoms with van der Waals surface area (Å²) in [6.07, 6.45) is -4.55. The number of amides is 1. The summed E-state index contributed by atoms with van der Waals surface area (Å²) >= 11 is 5.48. The van der Waals surface area contributed by atoms with Crippen molar-refractivity contribution in [3.8, 4) is 0 Å². The van der Waals surface area contributed by atoms with Crippen molar-refractivity contribution >= 4 is 34.9 Å². The second-order valence-electron chi connectivity index (χ2n) is 6.45. The number of hydrogen-bond acceptors (Lipinski definition) is 4. The minimum atomic E-state index is -4.48. The fraction of sp³-hybridized carbons (Fsp3) is 0.250. The number of anilines is 1. The van der Waals surface area contributed by atoms with E-state index in [9.17, 15) is 22.8 Å². The first-order valence-corrected chi connectivity index (χ1v) is 9.17. The molecule has 1 aliphatic heterocycles. The van der Waals surface area contributed by atoms with Crippen molar-refractivity contribution in [2.45, 2.75) is 26.1 Å². The molecule has 9 heteroatoms. The molecule has 2 aromatic rings. The number of aryl methyl sites for hydroxylation is 1. The van der Waals surface area contributed by atoms with E-state index in [0.29, 0.717) is 16.8 Å². The standard InChI is InChI=1S/C20H16ClF3N2O3/c1-12-5-6-16-15(9-12)18(25-29-17(27)7-8-21)19(28)26(16)11-13-3-2-4-14(10-13)20(22,23)24/h2-6,9-10H,7-8,11H2,1H3/b25-18-. The van der Waals surface area contributed by atoms with Gasteiger partial charge in [-0.05, 0) is 36.8 Å². The van der Waals surface area contributed by atoms with Crippen LogP contribution in [0.4, 0.5) is 18.9 Å². The highest BCUT2D eigenvalue weighted by atomic mass is 35.5. The molecule has 5 nitrogen and oxygen atoms in total. The zero-order valence-electron chi connectivity index (χ0n) is 15.3. The Kier molecular flexibility index (Phi) is 5.93. The molecule has 0 spiro atoms. The number of alkyl halides is 4. The molecule has 0 fully saturated rings. The van der Waals surface area contributed by atoms with Crippen molar-refractivity contribution in [2.24, 2.45) is 5.16 Å². The highest BCUT2D eigenvalue weighted by Crippen LogP contribution is 2.33. The van der Waals surface area contributed by atoms with E-state index in [0.717, 1.165) is 17.7 Å². The molecule has 0 N–H and O–H groups in total. The van der Waals surface area contributed by atoms with Crippen molar-refractivity contribution in [2.75, 3.05) is 10.8 Å². The number of carbonyl (C=O) groups is 2. The van der Waals surface area contributed by atoms with Gasteiger partial charge in [0.1, 0.15) is 0 Å². The maximum atomic E-state index is 13.0.